The number of hydrogen-bond donors (Lipinski definition) is 2. The van der Waals surface area contributed by atoms with E-state index >= 15 is 0 Å². The van der Waals surface area contributed by atoms with Gasteiger partial charge in [0.25, 0.3) is 11.8 Å². The number of anilines is 2. The molecule has 0 aliphatic heterocycles. The molecule has 2 aromatic heterocycles. The van der Waals surface area contributed by atoms with Crippen LogP contribution in [0.2, 0.25) is 0 Å². The van der Waals surface area contributed by atoms with Crippen molar-refractivity contribution in [3.8, 4) is 5.69 Å². The molecule has 40 heavy (non-hydrogen) atoms. The number of hydrogen-bond acceptors (Lipinski definition) is 4. The monoisotopic (exact) mass is 534 g/mol. The molecule has 8 rings (SSSR count). The lowest BCUT2D eigenvalue weighted by Crippen LogP contribution is -2.49. The van der Waals surface area contributed by atoms with Crippen LogP contribution in [0.4, 0.5) is 11.4 Å². The standard InChI is InChI=1S/C32H34N6O2/c1-2-37-20-27(28(35-37)31(40)33-24-9-5-3-6-10-24)34-30(39)26-19-38(25-11-7-4-8-12-25)36-29(26)32-16-21-13-22(17-32)15-23(14-21)18-32/h3-12,19-23H,2,13-18H2,1H3,(H,33,40)(H,34,39). The molecule has 2 N–H and O–H groups in total. The highest BCUT2D eigenvalue weighted by Gasteiger charge is 2.54. The van der Waals surface area contributed by atoms with Crippen molar-refractivity contribution in [2.45, 2.75) is 57.4 Å². The van der Waals surface area contributed by atoms with E-state index in [2.05, 4.69) is 15.7 Å². The molecular formula is C32H34N6O2. The highest BCUT2D eigenvalue weighted by Crippen LogP contribution is 2.61. The molecule has 4 saturated carbocycles. The SMILES string of the molecule is CCn1cc(NC(=O)c2cn(-c3ccccc3)nc2C23CC4CC(CC(C4)C2)C3)c(C(=O)Nc2ccccc2)n1. The zero-order chi connectivity index (χ0) is 27.3. The Kier molecular flexibility index (Phi) is 6.06. The maximum Gasteiger partial charge on any atom is 0.278 e. The van der Waals surface area contributed by atoms with Gasteiger partial charge in [0, 0.05) is 30.0 Å². The van der Waals surface area contributed by atoms with Crippen molar-refractivity contribution in [2.24, 2.45) is 17.8 Å². The Labute approximate surface area is 233 Å². The number of benzene rings is 2. The van der Waals surface area contributed by atoms with Crippen molar-refractivity contribution in [3.63, 3.8) is 0 Å². The second-order valence-electron chi connectivity index (χ2n) is 11.9. The molecule has 0 unspecified atom stereocenters. The smallest absolute Gasteiger partial charge is 0.278 e. The molecule has 0 atom stereocenters. The number of carbonyl (C=O) groups is 2. The Hall–Kier alpha value is -4.20. The zero-order valence-corrected chi connectivity index (χ0v) is 22.7. The highest BCUT2D eigenvalue weighted by atomic mass is 16.2. The molecule has 0 saturated heterocycles. The summed E-state index contributed by atoms with van der Waals surface area (Å²) in [6.45, 7) is 2.53. The van der Waals surface area contributed by atoms with Crippen molar-refractivity contribution in [2.75, 3.05) is 10.6 Å². The van der Waals surface area contributed by atoms with Gasteiger partial charge in [-0.25, -0.2) is 4.68 Å². The minimum Gasteiger partial charge on any atom is -0.321 e. The summed E-state index contributed by atoms with van der Waals surface area (Å²) in [5, 5.41) is 15.5. The van der Waals surface area contributed by atoms with Gasteiger partial charge in [-0.05, 0) is 87.5 Å². The fraction of sp³-hybridized carbons (Fsp3) is 0.375. The Bertz CT molecular complexity index is 1520. The summed E-state index contributed by atoms with van der Waals surface area (Å²) in [4.78, 5) is 27.3. The number of nitrogens with zero attached hydrogens (tertiary/aromatic N) is 4. The summed E-state index contributed by atoms with van der Waals surface area (Å²) in [6.07, 6.45) is 10.8. The maximum atomic E-state index is 14.1. The Balaban J connectivity index is 1.24. The van der Waals surface area contributed by atoms with Crippen molar-refractivity contribution in [1.82, 2.24) is 19.6 Å². The quantitative estimate of drug-likeness (QED) is 0.301. The van der Waals surface area contributed by atoms with Gasteiger partial charge in [-0.1, -0.05) is 36.4 Å². The van der Waals surface area contributed by atoms with Gasteiger partial charge in [-0.3, -0.25) is 14.3 Å². The van der Waals surface area contributed by atoms with Crippen molar-refractivity contribution in [1.29, 1.82) is 0 Å². The predicted octanol–water partition coefficient (Wildman–Crippen LogP) is 6.06. The normalized spacial score (nSPS) is 24.7. The molecule has 2 heterocycles. The first-order chi connectivity index (χ1) is 19.5. The lowest BCUT2D eigenvalue weighted by Gasteiger charge is -2.56. The summed E-state index contributed by atoms with van der Waals surface area (Å²) < 4.78 is 3.52. The molecule has 2 aromatic carbocycles. The minimum absolute atomic E-state index is 0.0669. The highest BCUT2D eigenvalue weighted by molar-refractivity contribution is 6.11. The molecule has 0 radical (unpaired) electrons. The van der Waals surface area contributed by atoms with E-state index in [0.29, 0.717) is 23.5 Å². The van der Waals surface area contributed by atoms with Crippen molar-refractivity contribution < 1.29 is 9.59 Å². The molecule has 2 amide bonds. The molecule has 4 aliphatic rings. The summed E-state index contributed by atoms with van der Waals surface area (Å²) in [6, 6.07) is 19.2. The van der Waals surface area contributed by atoms with Crippen LogP contribution < -0.4 is 10.6 Å². The molecule has 4 fully saturated rings. The van der Waals surface area contributed by atoms with Crippen LogP contribution in [0.1, 0.15) is 72.0 Å². The van der Waals surface area contributed by atoms with Gasteiger partial charge in [0.15, 0.2) is 5.69 Å². The van der Waals surface area contributed by atoms with Gasteiger partial charge >= 0.3 is 0 Å². The third-order valence-electron chi connectivity index (χ3n) is 9.10. The molecule has 204 valence electrons. The average molecular weight is 535 g/mol. The van der Waals surface area contributed by atoms with Gasteiger partial charge in [0.2, 0.25) is 0 Å². The van der Waals surface area contributed by atoms with E-state index in [1.54, 1.807) is 10.9 Å². The maximum absolute atomic E-state index is 14.1. The summed E-state index contributed by atoms with van der Waals surface area (Å²) >= 11 is 0. The first-order valence-electron chi connectivity index (χ1n) is 14.4. The molecule has 8 nitrogen and oxygen atoms in total. The molecule has 0 spiro atoms. The van der Waals surface area contributed by atoms with Crippen LogP contribution in [-0.4, -0.2) is 31.4 Å². The van der Waals surface area contributed by atoms with Gasteiger partial charge in [0.1, 0.15) is 0 Å². The van der Waals surface area contributed by atoms with E-state index in [0.717, 1.165) is 48.4 Å². The Morgan fingerprint density at radius 3 is 2.08 bits per heavy atom. The van der Waals surface area contributed by atoms with E-state index in [-0.39, 0.29) is 22.9 Å². The molecule has 4 aromatic rings. The van der Waals surface area contributed by atoms with Crippen LogP contribution in [0, 0.1) is 17.8 Å². The Morgan fingerprint density at radius 2 is 1.45 bits per heavy atom. The topological polar surface area (TPSA) is 93.8 Å². The second kappa shape index (κ2) is 9.77. The van der Waals surface area contributed by atoms with Crippen LogP contribution >= 0.6 is 0 Å². The van der Waals surface area contributed by atoms with E-state index < -0.39 is 0 Å². The van der Waals surface area contributed by atoms with Gasteiger partial charge in [-0.2, -0.15) is 10.2 Å². The molecule has 4 bridgehead atoms. The van der Waals surface area contributed by atoms with E-state index in [1.807, 2.05) is 78.5 Å². The lowest BCUT2D eigenvalue weighted by atomic mass is 9.48. The van der Waals surface area contributed by atoms with Crippen molar-refractivity contribution >= 4 is 23.2 Å². The Morgan fingerprint density at radius 1 is 0.825 bits per heavy atom. The van der Waals surface area contributed by atoms with Crippen LogP contribution in [0.5, 0.6) is 0 Å². The van der Waals surface area contributed by atoms with Crippen LogP contribution in [-0.2, 0) is 12.0 Å². The average Bonchev–Trinajstić information content (AvgIpc) is 3.59. The second-order valence-corrected chi connectivity index (χ2v) is 11.9. The number of carbonyl (C=O) groups excluding carboxylic acids is 2. The van der Waals surface area contributed by atoms with Crippen LogP contribution in [0.15, 0.2) is 73.1 Å². The van der Waals surface area contributed by atoms with Crippen molar-refractivity contribution in [3.05, 3.63) is 90.0 Å². The number of nitrogens with one attached hydrogen (secondary N) is 2. The number of rotatable bonds is 7. The van der Waals surface area contributed by atoms with Crippen LogP contribution in [0.25, 0.3) is 5.69 Å². The number of aromatic nitrogens is 4. The predicted molar refractivity (Wildman–Crippen MR) is 154 cm³/mol. The largest absolute Gasteiger partial charge is 0.321 e. The minimum atomic E-state index is -0.366. The van der Waals surface area contributed by atoms with E-state index in [9.17, 15) is 9.59 Å². The fourth-order valence-electron chi connectivity index (χ4n) is 7.79. The van der Waals surface area contributed by atoms with Gasteiger partial charge < -0.3 is 10.6 Å². The molecule has 4 aliphatic carbocycles. The summed E-state index contributed by atoms with van der Waals surface area (Å²) in [7, 11) is 0. The first-order valence-corrected chi connectivity index (χ1v) is 14.4. The third-order valence-corrected chi connectivity index (χ3v) is 9.10. The van der Waals surface area contributed by atoms with E-state index in [1.165, 1.54) is 19.3 Å². The number of amides is 2. The van der Waals surface area contributed by atoms with Crippen LogP contribution in [0.3, 0.4) is 0 Å². The van der Waals surface area contributed by atoms with Gasteiger partial charge in [0.05, 0.1) is 22.6 Å². The first kappa shape index (κ1) is 24.8. The summed E-state index contributed by atoms with van der Waals surface area (Å²) in [5.41, 5.74) is 3.60. The number of para-hydroxylation sites is 2. The molecule has 8 heteroatoms. The molecular weight excluding hydrogens is 500 g/mol. The van der Waals surface area contributed by atoms with Gasteiger partial charge in [-0.15, -0.1) is 0 Å². The fourth-order valence-corrected chi connectivity index (χ4v) is 7.79. The number of aryl methyl sites for hydroxylation is 1. The lowest BCUT2D eigenvalue weighted by molar-refractivity contribution is -0.00765. The summed E-state index contributed by atoms with van der Waals surface area (Å²) in [5.74, 6) is 1.55. The zero-order valence-electron chi connectivity index (χ0n) is 22.7. The van der Waals surface area contributed by atoms with E-state index in [4.69, 9.17) is 5.10 Å². The third kappa shape index (κ3) is 4.41.